The van der Waals surface area contributed by atoms with E-state index in [2.05, 4.69) is 20.3 Å². The summed E-state index contributed by atoms with van der Waals surface area (Å²) in [6.45, 7) is 1.71. The van der Waals surface area contributed by atoms with Crippen LogP contribution in [0.25, 0.3) is 0 Å². The van der Waals surface area contributed by atoms with E-state index < -0.39 is 29.4 Å². The van der Waals surface area contributed by atoms with E-state index in [0.717, 1.165) is 23.7 Å². The first-order valence-electron chi connectivity index (χ1n) is 9.47. The molecule has 0 aliphatic carbocycles. The Kier molecular flexibility index (Phi) is 7.03. The quantitative estimate of drug-likeness (QED) is 0.344. The first kappa shape index (κ1) is 24.2. The lowest BCUT2D eigenvalue weighted by Crippen LogP contribution is -2.15. The number of rotatable bonds is 7. The van der Waals surface area contributed by atoms with Crippen molar-refractivity contribution >= 4 is 34.5 Å². The van der Waals surface area contributed by atoms with Gasteiger partial charge in [0.25, 0.3) is 5.91 Å². The first-order valence-corrected chi connectivity index (χ1v) is 10.3. The van der Waals surface area contributed by atoms with E-state index in [-0.39, 0.29) is 40.8 Å². The van der Waals surface area contributed by atoms with E-state index in [9.17, 15) is 27.2 Å². The van der Waals surface area contributed by atoms with Crippen LogP contribution in [0.1, 0.15) is 55.6 Å². The summed E-state index contributed by atoms with van der Waals surface area (Å²) in [6.07, 6.45) is -2.48. The lowest BCUT2D eigenvalue weighted by atomic mass is 10.0. The largest absolute Gasteiger partial charge is 0.419 e. The molecule has 3 aromatic rings. The highest BCUT2D eigenvalue weighted by Crippen LogP contribution is 2.33. The molecule has 0 spiro atoms. The molecular formula is C20H18F4N6O2S. The van der Waals surface area contributed by atoms with Gasteiger partial charge in [-0.05, 0) is 18.2 Å². The maximum atomic E-state index is 13.4. The van der Waals surface area contributed by atoms with Gasteiger partial charge in [-0.2, -0.15) is 13.2 Å². The van der Waals surface area contributed by atoms with Crippen LogP contribution in [0, 0.1) is 5.82 Å². The average Bonchev–Trinajstić information content (AvgIpc) is 3.24. The Labute approximate surface area is 189 Å². The number of aromatic nitrogens is 3. The normalized spacial score (nSPS) is 12.4. The summed E-state index contributed by atoms with van der Waals surface area (Å²) in [4.78, 5) is 37.1. The number of nitrogens with two attached hydrogens (primary N) is 2. The number of amides is 1. The summed E-state index contributed by atoms with van der Waals surface area (Å²) in [5.74, 6) is -2.77. The van der Waals surface area contributed by atoms with Gasteiger partial charge in [-0.25, -0.2) is 19.3 Å². The summed E-state index contributed by atoms with van der Waals surface area (Å²) < 4.78 is 52.0. The fourth-order valence-corrected chi connectivity index (χ4v) is 3.83. The zero-order valence-electron chi connectivity index (χ0n) is 17.1. The molecular weight excluding hydrogens is 464 g/mol. The van der Waals surface area contributed by atoms with Crippen molar-refractivity contribution in [3.05, 3.63) is 63.2 Å². The molecule has 174 valence electrons. The number of hydrogen-bond donors (Lipinski definition) is 3. The number of anilines is 2. The van der Waals surface area contributed by atoms with Gasteiger partial charge in [-0.3, -0.25) is 9.59 Å². The minimum atomic E-state index is -4.90. The molecule has 3 rings (SSSR count). The number of benzene rings is 1. The van der Waals surface area contributed by atoms with Gasteiger partial charge in [0.2, 0.25) is 0 Å². The van der Waals surface area contributed by atoms with Crippen LogP contribution in [-0.2, 0) is 12.7 Å². The number of hydrogen-bond acceptors (Lipinski definition) is 8. The van der Waals surface area contributed by atoms with E-state index in [1.165, 1.54) is 6.20 Å². The Balaban J connectivity index is 1.71. The van der Waals surface area contributed by atoms with Gasteiger partial charge in [0.15, 0.2) is 5.78 Å². The summed E-state index contributed by atoms with van der Waals surface area (Å²) in [5, 5.41) is 2.75. The van der Waals surface area contributed by atoms with Crippen LogP contribution in [0.15, 0.2) is 30.7 Å². The first-order chi connectivity index (χ1) is 15.5. The molecule has 0 radical (unpaired) electrons. The predicted octanol–water partition coefficient (Wildman–Crippen LogP) is 3.76. The number of carbonyl (C=O) groups is 2. The van der Waals surface area contributed by atoms with Crippen LogP contribution >= 0.6 is 11.3 Å². The second kappa shape index (κ2) is 9.58. The Bertz CT molecular complexity index is 1200. The van der Waals surface area contributed by atoms with E-state index in [0.29, 0.717) is 22.7 Å². The Morgan fingerprint density at radius 3 is 2.61 bits per heavy atom. The molecule has 1 amide bonds. The number of Topliss-reactive ketones (excluding diaryl/α,β-unsaturated/α-hetero) is 1. The third-order valence-electron chi connectivity index (χ3n) is 4.64. The van der Waals surface area contributed by atoms with Crippen molar-refractivity contribution < 1.29 is 27.2 Å². The van der Waals surface area contributed by atoms with Crippen molar-refractivity contribution in [2.75, 3.05) is 11.1 Å². The zero-order valence-corrected chi connectivity index (χ0v) is 17.9. The summed E-state index contributed by atoms with van der Waals surface area (Å²) in [5.41, 5.74) is 10.1. The Hall–Kier alpha value is -3.45. The summed E-state index contributed by atoms with van der Waals surface area (Å²) >= 11 is 0.978. The van der Waals surface area contributed by atoms with Crippen molar-refractivity contribution in [3.8, 4) is 0 Å². The van der Waals surface area contributed by atoms with Crippen LogP contribution in [0.5, 0.6) is 0 Å². The lowest BCUT2D eigenvalue weighted by molar-refractivity contribution is -0.139. The average molecular weight is 482 g/mol. The van der Waals surface area contributed by atoms with Crippen LogP contribution < -0.4 is 16.8 Å². The monoisotopic (exact) mass is 482 g/mol. The Morgan fingerprint density at radius 1 is 1.21 bits per heavy atom. The standard InChI is InChI=1S/C20H18F4N6O2S/c1-9(4-14(31)16-11(6-25)17(26)29-8-28-16)19-27-7-15(33-19)18(32)30-10-2-3-13(21)12(5-10)20(22,23)24/h2-3,5,7-9H,4,6,25H2,1H3,(H,30,32)(H2,26,28,29). The van der Waals surface area contributed by atoms with Gasteiger partial charge in [0, 0.05) is 30.1 Å². The number of halogens is 4. The van der Waals surface area contributed by atoms with Gasteiger partial charge >= 0.3 is 6.18 Å². The number of nitrogens with one attached hydrogen (secondary N) is 1. The fourth-order valence-electron chi connectivity index (χ4n) is 2.96. The van der Waals surface area contributed by atoms with Crippen molar-refractivity contribution in [2.45, 2.75) is 32.0 Å². The van der Waals surface area contributed by atoms with Gasteiger partial charge in [-0.1, -0.05) is 6.92 Å². The van der Waals surface area contributed by atoms with Crippen molar-refractivity contribution in [1.82, 2.24) is 15.0 Å². The molecule has 0 saturated heterocycles. The second-order valence-corrected chi connectivity index (χ2v) is 8.09. The zero-order chi connectivity index (χ0) is 24.3. The molecule has 2 heterocycles. The summed E-state index contributed by atoms with van der Waals surface area (Å²) in [6, 6.07) is 2.16. The molecule has 13 heteroatoms. The molecule has 1 atom stereocenters. The highest BCUT2D eigenvalue weighted by Gasteiger charge is 2.34. The van der Waals surface area contributed by atoms with E-state index in [4.69, 9.17) is 11.5 Å². The van der Waals surface area contributed by atoms with Gasteiger partial charge in [-0.15, -0.1) is 11.3 Å². The molecule has 0 bridgehead atoms. The van der Waals surface area contributed by atoms with E-state index in [1.54, 1.807) is 6.92 Å². The molecule has 0 fully saturated rings. The van der Waals surface area contributed by atoms with Crippen molar-refractivity contribution in [2.24, 2.45) is 5.73 Å². The molecule has 2 aromatic heterocycles. The van der Waals surface area contributed by atoms with Gasteiger partial charge in [0.05, 0.1) is 16.8 Å². The van der Waals surface area contributed by atoms with E-state index in [1.807, 2.05) is 0 Å². The highest BCUT2D eigenvalue weighted by atomic mass is 32.1. The lowest BCUT2D eigenvalue weighted by Gasteiger charge is -2.11. The maximum Gasteiger partial charge on any atom is 0.419 e. The van der Waals surface area contributed by atoms with Crippen molar-refractivity contribution in [3.63, 3.8) is 0 Å². The van der Waals surface area contributed by atoms with Crippen LogP contribution in [0.4, 0.5) is 29.1 Å². The molecule has 8 nitrogen and oxygen atoms in total. The number of alkyl halides is 3. The molecule has 5 N–H and O–H groups in total. The molecule has 0 saturated carbocycles. The topological polar surface area (TPSA) is 137 Å². The van der Waals surface area contributed by atoms with Crippen LogP contribution in [0.3, 0.4) is 0 Å². The molecule has 1 unspecified atom stereocenters. The molecule has 33 heavy (non-hydrogen) atoms. The van der Waals surface area contributed by atoms with Crippen molar-refractivity contribution in [1.29, 1.82) is 0 Å². The van der Waals surface area contributed by atoms with Gasteiger partial charge in [0.1, 0.15) is 28.5 Å². The second-order valence-electron chi connectivity index (χ2n) is 7.03. The number of ketones is 1. The molecule has 0 aliphatic rings. The number of thiazole rings is 1. The minimum Gasteiger partial charge on any atom is -0.383 e. The fraction of sp³-hybridized carbons (Fsp3) is 0.250. The number of nitrogens with zero attached hydrogens (tertiary/aromatic N) is 3. The van der Waals surface area contributed by atoms with Gasteiger partial charge < -0.3 is 16.8 Å². The third kappa shape index (κ3) is 5.49. The molecule has 1 aromatic carbocycles. The third-order valence-corrected chi connectivity index (χ3v) is 5.86. The van der Waals surface area contributed by atoms with Crippen LogP contribution in [-0.4, -0.2) is 26.6 Å². The minimum absolute atomic E-state index is 0.00489. The smallest absolute Gasteiger partial charge is 0.383 e. The van der Waals surface area contributed by atoms with E-state index >= 15 is 0 Å². The Morgan fingerprint density at radius 2 is 1.94 bits per heavy atom. The highest BCUT2D eigenvalue weighted by molar-refractivity contribution is 7.13. The maximum absolute atomic E-state index is 13.4. The predicted molar refractivity (Wildman–Crippen MR) is 113 cm³/mol. The SMILES string of the molecule is CC(CC(=O)c1ncnc(N)c1CN)c1ncc(C(=O)Nc2ccc(F)c(C(F)(F)F)c2)s1. The van der Waals surface area contributed by atoms with Crippen LogP contribution in [0.2, 0.25) is 0 Å². The number of carbonyl (C=O) groups excluding carboxylic acids is 2. The number of nitrogen functional groups attached to an aromatic ring is 1. The summed E-state index contributed by atoms with van der Waals surface area (Å²) in [7, 11) is 0. The molecule has 0 aliphatic heterocycles.